The highest BCUT2D eigenvalue weighted by atomic mass is 35.5. The first-order chi connectivity index (χ1) is 25.3. The minimum Gasteiger partial charge on any atom is -0.504 e. The molecule has 0 saturated carbocycles. The number of nitrogens with one attached hydrogen (secondary N) is 3. The number of rotatable bonds is 13. The van der Waals surface area contributed by atoms with E-state index >= 15 is 0 Å². The summed E-state index contributed by atoms with van der Waals surface area (Å²) in [7, 11) is 0. The quantitative estimate of drug-likeness (QED) is 0.0962. The first-order valence-corrected chi connectivity index (χ1v) is 16.5. The minimum absolute atomic E-state index is 0.0357. The Balaban J connectivity index is 1.66. The predicted octanol–water partition coefficient (Wildman–Crippen LogP) is 4.68. The molecule has 2 aromatic carbocycles. The third-order valence-electron chi connectivity index (χ3n) is 7.96. The number of benzene rings is 2. The third-order valence-corrected chi connectivity index (χ3v) is 8.28. The summed E-state index contributed by atoms with van der Waals surface area (Å²) >= 11 is 6.11. The Morgan fingerprint density at radius 2 is 1.83 bits per heavy atom. The van der Waals surface area contributed by atoms with Crippen molar-refractivity contribution in [1.82, 2.24) is 40.0 Å². The second-order valence-corrected chi connectivity index (χ2v) is 12.0. The monoisotopic (exact) mass is 754 g/mol. The molecule has 5 aromatic rings. The highest BCUT2D eigenvalue weighted by molar-refractivity contribution is 6.33. The molecular formula is C34H34ClF3N10O5. The second-order valence-electron chi connectivity index (χ2n) is 11.6. The van der Waals surface area contributed by atoms with Gasteiger partial charge < -0.3 is 25.1 Å². The average Bonchev–Trinajstić information content (AvgIpc) is 3.51. The van der Waals surface area contributed by atoms with Crippen molar-refractivity contribution in [2.24, 2.45) is 0 Å². The molecule has 0 spiro atoms. The summed E-state index contributed by atoms with van der Waals surface area (Å²) in [5.41, 5.74) is 0.577. The summed E-state index contributed by atoms with van der Waals surface area (Å²) in [5, 5.41) is 18.2. The average molecular weight is 755 g/mol. The molecule has 3 aromatic heterocycles. The third kappa shape index (κ3) is 9.26. The maximum atomic E-state index is 14.7. The maximum absolute atomic E-state index is 14.7. The first kappa shape index (κ1) is 38.2. The van der Waals surface area contributed by atoms with E-state index in [0.29, 0.717) is 46.4 Å². The smallest absolute Gasteiger partial charge is 0.416 e. The number of nitrogens with zero attached hydrogens (tertiary/aromatic N) is 7. The van der Waals surface area contributed by atoms with Crippen LogP contribution in [-0.2, 0) is 35.2 Å². The van der Waals surface area contributed by atoms with Gasteiger partial charge in [0.1, 0.15) is 30.4 Å². The zero-order valence-corrected chi connectivity index (χ0v) is 29.4. The van der Waals surface area contributed by atoms with Crippen molar-refractivity contribution in [3.8, 4) is 17.1 Å². The molecule has 0 saturated heterocycles. The van der Waals surface area contributed by atoms with Crippen LogP contribution in [0.4, 0.5) is 24.5 Å². The molecule has 0 aliphatic rings. The van der Waals surface area contributed by atoms with E-state index in [1.165, 1.54) is 12.7 Å². The van der Waals surface area contributed by atoms with E-state index in [4.69, 9.17) is 16.0 Å². The van der Waals surface area contributed by atoms with Gasteiger partial charge in [-0.2, -0.15) is 13.2 Å². The van der Waals surface area contributed by atoms with Gasteiger partial charge in [-0.3, -0.25) is 19.5 Å². The normalized spacial score (nSPS) is 11.3. The molecule has 0 bridgehead atoms. The molecule has 0 radical (unpaired) electrons. The molecular weight excluding hydrogens is 721 g/mol. The van der Waals surface area contributed by atoms with Gasteiger partial charge in [-0.25, -0.2) is 29.6 Å². The SMILES string of the molecule is CCc1ncnc(-c2ccc3oc(C)nc3c2)[nH]n(CC(=O)Nc2ccc(C(F)(F)F)cc2Cl)c(=O)c1N(CCNC=O)CCc1ncnc(C)c1O. The van der Waals surface area contributed by atoms with Crippen molar-refractivity contribution in [1.29, 1.82) is 0 Å². The van der Waals surface area contributed by atoms with Crippen LogP contribution in [0.1, 0.15) is 35.5 Å². The second kappa shape index (κ2) is 16.5. The number of aromatic hydroxyl groups is 1. The van der Waals surface area contributed by atoms with Crippen LogP contribution in [-0.4, -0.2) is 71.8 Å². The van der Waals surface area contributed by atoms with Crippen molar-refractivity contribution in [2.45, 2.75) is 46.3 Å². The number of carbonyl (C=O) groups excluding carboxylic acids is 2. The van der Waals surface area contributed by atoms with E-state index in [1.54, 1.807) is 43.9 Å². The molecule has 5 rings (SSSR count). The molecule has 15 nitrogen and oxygen atoms in total. The number of H-pyrrole nitrogens is 1. The van der Waals surface area contributed by atoms with Crippen LogP contribution in [0, 0.1) is 13.8 Å². The summed E-state index contributed by atoms with van der Waals surface area (Å²) in [6.45, 7) is 4.69. The summed E-state index contributed by atoms with van der Waals surface area (Å²) in [6.07, 6.45) is -1.22. The first-order valence-electron chi connectivity index (χ1n) is 16.2. The number of anilines is 2. The number of amides is 2. The highest BCUT2D eigenvalue weighted by Crippen LogP contribution is 2.34. The Hall–Kier alpha value is -6.04. The highest BCUT2D eigenvalue weighted by Gasteiger charge is 2.31. The van der Waals surface area contributed by atoms with E-state index in [1.807, 2.05) is 0 Å². The van der Waals surface area contributed by atoms with Crippen LogP contribution in [0.2, 0.25) is 5.02 Å². The van der Waals surface area contributed by atoms with Gasteiger partial charge in [0.15, 0.2) is 23.0 Å². The fourth-order valence-electron chi connectivity index (χ4n) is 5.35. The summed E-state index contributed by atoms with van der Waals surface area (Å²) < 4.78 is 46.3. The van der Waals surface area contributed by atoms with Gasteiger partial charge in [-0.1, -0.05) is 18.5 Å². The van der Waals surface area contributed by atoms with Gasteiger partial charge in [0.05, 0.1) is 33.4 Å². The molecule has 53 heavy (non-hydrogen) atoms. The Bertz CT molecular complexity index is 2250. The van der Waals surface area contributed by atoms with Crippen molar-refractivity contribution in [3.05, 3.63) is 93.0 Å². The number of fused-ring (bicyclic) bond motifs is 1. The number of aromatic nitrogens is 7. The fourth-order valence-corrected chi connectivity index (χ4v) is 5.58. The van der Waals surface area contributed by atoms with Crippen LogP contribution in [0.25, 0.3) is 22.5 Å². The van der Waals surface area contributed by atoms with E-state index in [0.717, 1.165) is 16.8 Å². The number of aryl methyl sites for hydroxylation is 3. The molecule has 0 unspecified atom stereocenters. The van der Waals surface area contributed by atoms with Crippen LogP contribution in [0.5, 0.6) is 5.75 Å². The Labute approximate surface area is 304 Å². The Kier molecular flexibility index (Phi) is 11.9. The number of halogens is 4. The van der Waals surface area contributed by atoms with Crippen molar-refractivity contribution < 1.29 is 32.3 Å². The van der Waals surface area contributed by atoms with Crippen LogP contribution in [0.15, 0.2) is 58.3 Å². The zero-order chi connectivity index (χ0) is 38.3. The van der Waals surface area contributed by atoms with Gasteiger partial charge in [0.25, 0.3) is 5.56 Å². The van der Waals surface area contributed by atoms with Crippen LogP contribution < -0.4 is 21.1 Å². The number of alkyl halides is 3. The topological polar surface area (TPSA) is 197 Å². The lowest BCUT2D eigenvalue weighted by Gasteiger charge is -2.25. The summed E-state index contributed by atoms with van der Waals surface area (Å²) in [5.74, 6) is -0.407. The number of hydrogen-bond acceptors (Lipinski definition) is 11. The van der Waals surface area contributed by atoms with Crippen LogP contribution in [0.3, 0.4) is 0 Å². The number of hydrogen-bond donors (Lipinski definition) is 4. The standard InChI is InChI=1S/C34H34ClF3N10O5/c1-4-24-30(47(12-10-39-18-49)11-9-26-31(51)19(2)40-16-42-26)33(52)48(15-29(50)45-25-7-6-22(14-23(25)35)34(36,37)38)46-32(43-17-41-24)21-5-8-28-27(13-21)44-20(3)53-28/h5-8,13-14,16-18,51H,4,9-12,15H2,1-3H3,(H,39,49)(H,45,50)(H,41,43,46). The molecule has 0 fully saturated rings. The minimum atomic E-state index is -4.66. The number of oxazole rings is 1. The summed E-state index contributed by atoms with van der Waals surface area (Å²) in [4.78, 5) is 62.6. The summed E-state index contributed by atoms with van der Waals surface area (Å²) in [6, 6.07) is 7.46. The largest absolute Gasteiger partial charge is 0.504 e. The molecule has 2 amide bonds. The van der Waals surface area contributed by atoms with E-state index in [-0.39, 0.29) is 66.1 Å². The molecule has 19 heteroatoms. The molecule has 3 heterocycles. The zero-order valence-electron chi connectivity index (χ0n) is 28.7. The Morgan fingerprint density at radius 1 is 1.08 bits per heavy atom. The van der Waals surface area contributed by atoms with Gasteiger partial charge in [0.2, 0.25) is 12.3 Å². The lowest BCUT2D eigenvalue weighted by molar-refractivity contribution is -0.137. The molecule has 0 atom stereocenters. The van der Waals surface area contributed by atoms with E-state index < -0.39 is 29.8 Å². The fraction of sp³-hybridized carbons (Fsp3) is 0.294. The van der Waals surface area contributed by atoms with Gasteiger partial charge in [0, 0.05) is 38.5 Å². The van der Waals surface area contributed by atoms with Crippen molar-refractivity contribution in [3.63, 3.8) is 0 Å². The van der Waals surface area contributed by atoms with Gasteiger partial charge in [-0.05, 0) is 49.7 Å². The van der Waals surface area contributed by atoms with E-state index in [2.05, 4.69) is 40.7 Å². The lowest BCUT2D eigenvalue weighted by atomic mass is 10.2. The molecule has 0 aliphatic heterocycles. The lowest BCUT2D eigenvalue weighted by Crippen LogP contribution is -2.40. The molecule has 278 valence electrons. The Morgan fingerprint density at radius 3 is 2.55 bits per heavy atom. The number of carbonyl (C=O) groups is 2. The van der Waals surface area contributed by atoms with Gasteiger partial charge >= 0.3 is 6.18 Å². The van der Waals surface area contributed by atoms with Crippen LogP contribution >= 0.6 is 11.6 Å². The molecule has 4 N–H and O–H groups in total. The van der Waals surface area contributed by atoms with Crippen molar-refractivity contribution >= 4 is 46.4 Å². The molecule has 0 aliphatic carbocycles. The number of aromatic amines is 1. The van der Waals surface area contributed by atoms with E-state index in [9.17, 15) is 32.7 Å². The maximum Gasteiger partial charge on any atom is 0.416 e. The predicted molar refractivity (Wildman–Crippen MR) is 189 cm³/mol. The van der Waals surface area contributed by atoms with Crippen molar-refractivity contribution in [2.75, 3.05) is 29.9 Å². The van der Waals surface area contributed by atoms with Gasteiger partial charge in [-0.15, -0.1) is 0 Å².